The molecule has 2 rings (SSSR count). The van der Waals surface area contributed by atoms with Crippen LogP contribution in [0, 0.1) is 0 Å². The van der Waals surface area contributed by atoms with E-state index < -0.39 is 22.5 Å². The van der Waals surface area contributed by atoms with Gasteiger partial charge in [0.1, 0.15) is 12.3 Å². The summed E-state index contributed by atoms with van der Waals surface area (Å²) < 4.78 is 30.6. The van der Waals surface area contributed by atoms with Crippen molar-refractivity contribution >= 4 is 50.5 Å². The minimum Gasteiger partial charge on any atom is -0.494 e. The van der Waals surface area contributed by atoms with Crippen LogP contribution < -0.4 is 14.5 Å². The second-order valence-corrected chi connectivity index (χ2v) is 8.87. The van der Waals surface area contributed by atoms with Crippen molar-refractivity contribution in [1.82, 2.24) is 5.43 Å². The van der Waals surface area contributed by atoms with E-state index in [2.05, 4.69) is 10.5 Å². The van der Waals surface area contributed by atoms with E-state index in [4.69, 9.17) is 27.9 Å². The molecule has 10 heteroatoms. The lowest BCUT2D eigenvalue weighted by molar-refractivity contribution is -0.119. The standard InChI is InChI=1S/C19H21Cl2N3O4S/c1-4-28-18-7-5-14(6-8-18)13(2)22-23-19(25)12-24(29(3,26)27)17-10-15(20)9-16(21)11-17/h5-11H,4,12H2,1-3H3,(H,23,25)/b22-13-. The number of nitrogens with one attached hydrogen (secondary N) is 1. The van der Waals surface area contributed by atoms with E-state index in [0.717, 1.165) is 21.9 Å². The molecule has 29 heavy (non-hydrogen) atoms. The van der Waals surface area contributed by atoms with Crippen molar-refractivity contribution in [3.63, 3.8) is 0 Å². The van der Waals surface area contributed by atoms with Gasteiger partial charge in [-0.3, -0.25) is 9.10 Å². The maximum atomic E-state index is 12.3. The highest BCUT2D eigenvalue weighted by Crippen LogP contribution is 2.26. The molecule has 0 radical (unpaired) electrons. The van der Waals surface area contributed by atoms with Crippen LogP contribution >= 0.6 is 23.2 Å². The lowest BCUT2D eigenvalue weighted by atomic mass is 10.1. The van der Waals surface area contributed by atoms with Gasteiger partial charge in [0.2, 0.25) is 10.0 Å². The van der Waals surface area contributed by atoms with Gasteiger partial charge in [-0.1, -0.05) is 23.2 Å². The van der Waals surface area contributed by atoms with E-state index >= 15 is 0 Å². The Bertz CT molecular complexity index is 988. The number of carbonyl (C=O) groups is 1. The smallest absolute Gasteiger partial charge is 0.260 e. The Labute approximate surface area is 180 Å². The zero-order valence-corrected chi connectivity index (χ0v) is 18.5. The topological polar surface area (TPSA) is 88.1 Å². The predicted molar refractivity (Wildman–Crippen MR) is 117 cm³/mol. The molecule has 1 amide bonds. The number of carbonyl (C=O) groups excluding carboxylic acids is 1. The summed E-state index contributed by atoms with van der Waals surface area (Å²) in [5.41, 5.74) is 3.90. The summed E-state index contributed by atoms with van der Waals surface area (Å²) in [5.74, 6) is 0.119. The fraction of sp³-hybridized carbons (Fsp3) is 0.263. The van der Waals surface area contributed by atoms with Gasteiger partial charge in [-0.2, -0.15) is 5.10 Å². The highest BCUT2D eigenvalue weighted by Gasteiger charge is 2.21. The molecular weight excluding hydrogens is 437 g/mol. The first kappa shape index (κ1) is 23.0. The summed E-state index contributed by atoms with van der Waals surface area (Å²) in [5, 5.41) is 4.55. The molecule has 0 saturated heterocycles. The molecule has 0 aliphatic carbocycles. The molecule has 0 unspecified atom stereocenters. The summed E-state index contributed by atoms with van der Waals surface area (Å²) in [7, 11) is -3.75. The number of nitrogens with zero attached hydrogens (tertiary/aromatic N) is 2. The van der Waals surface area contributed by atoms with Crippen LogP contribution in [-0.4, -0.2) is 39.4 Å². The van der Waals surface area contributed by atoms with Crippen molar-refractivity contribution in [3.8, 4) is 5.75 Å². The molecule has 0 bridgehead atoms. The Morgan fingerprint density at radius 3 is 2.24 bits per heavy atom. The van der Waals surface area contributed by atoms with E-state index in [-0.39, 0.29) is 15.7 Å². The van der Waals surface area contributed by atoms with Gasteiger partial charge in [0.15, 0.2) is 0 Å². The lowest BCUT2D eigenvalue weighted by Crippen LogP contribution is -2.39. The number of sulfonamides is 1. The van der Waals surface area contributed by atoms with Crippen LogP contribution in [0.4, 0.5) is 5.69 Å². The fourth-order valence-electron chi connectivity index (χ4n) is 2.42. The van der Waals surface area contributed by atoms with Gasteiger partial charge in [-0.25, -0.2) is 13.8 Å². The molecule has 2 aromatic rings. The largest absolute Gasteiger partial charge is 0.494 e. The third-order valence-electron chi connectivity index (χ3n) is 3.75. The van der Waals surface area contributed by atoms with Gasteiger partial charge < -0.3 is 4.74 Å². The molecule has 0 aliphatic rings. The summed E-state index contributed by atoms with van der Waals surface area (Å²) in [6.45, 7) is 3.71. The molecule has 0 aliphatic heterocycles. The predicted octanol–water partition coefficient (Wildman–Crippen LogP) is 3.70. The second-order valence-electron chi connectivity index (χ2n) is 6.09. The van der Waals surface area contributed by atoms with Crippen molar-refractivity contribution in [2.75, 3.05) is 23.7 Å². The molecule has 7 nitrogen and oxygen atoms in total. The Morgan fingerprint density at radius 1 is 1.14 bits per heavy atom. The Balaban J connectivity index is 2.12. The number of benzene rings is 2. The monoisotopic (exact) mass is 457 g/mol. The molecule has 156 valence electrons. The van der Waals surface area contributed by atoms with Crippen LogP contribution in [-0.2, 0) is 14.8 Å². The maximum Gasteiger partial charge on any atom is 0.260 e. The Hall–Kier alpha value is -2.29. The summed E-state index contributed by atoms with van der Waals surface area (Å²) in [4.78, 5) is 12.3. The second kappa shape index (κ2) is 9.96. The quantitative estimate of drug-likeness (QED) is 0.483. The van der Waals surface area contributed by atoms with Gasteiger partial charge in [0, 0.05) is 10.0 Å². The van der Waals surface area contributed by atoms with Gasteiger partial charge in [0.05, 0.1) is 24.3 Å². The Kier molecular flexibility index (Phi) is 7.89. The lowest BCUT2D eigenvalue weighted by Gasteiger charge is -2.21. The number of anilines is 1. The number of hydrogen-bond acceptors (Lipinski definition) is 5. The zero-order chi connectivity index (χ0) is 21.6. The molecule has 2 aromatic carbocycles. The first-order valence-electron chi connectivity index (χ1n) is 8.60. The molecule has 0 aromatic heterocycles. The van der Waals surface area contributed by atoms with Crippen LogP contribution in [0.15, 0.2) is 47.6 Å². The maximum absolute atomic E-state index is 12.3. The molecule has 0 saturated carbocycles. The van der Waals surface area contributed by atoms with Gasteiger partial charge in [-0.15, -0.1) is 0 Å². The first-order chi connectivity index (χ1) is 13.6. The highest BCUT2D eigenvalue weighted by molar-refractivity contribution is 7.92. The number of amides is 1. The van der Waals surface area contributed by atoms with Crippen LogP contribution in [0.2, 0.25) is 10.0 Å². The molecular formula is C19H21Cl2N3O4S. The van der Waals surface area contributed by atoms with E-state index in [9.17, 15) is 13.2 Å². The molecule has 0 spiro atoms. The van der Waals surface area contributed by atoms with Crippen LogP contribution in [0.25, 0.3) is 0 Å². The average Bonchev–Trinajstić information content (AvgIpc) is 2.63. The number of hydrazone groups is 1. The Morgan fingerprint density at radius 2 is 1.72 bits per heavy atom. The van der Waals surface area contributed by atoms with E-state index in [1.165, 1.54) is 18.2 Å². The van der Waals surface area contributed by atoms with Crippen LogP contribution in [0.5, 0.6) is 5.75 Å². The number of halogens is 2. The van der Waals surface area contributed by atoms with Gasteiger partial charge in [-0.05, 0) is 61.9 Å². The van der Waals surface area contributed by atoms with Crippen molar-refractivity contribution in [3.05, 3.63) is 58.1 Å². The van der Waals surface area contributed by atoms with Crippen LogP contribution in [0.3, 0.4) is 0 Å². The SMILES string of the molecule is CCOc1ccc(/C(C)=N\NC(=O)CN(c2cc(Cl)cc(Cl)c2)S(C)(=O)=O)cc1. The summed E-state index contributed by atoms with van der Waals surface area (Å²) in [6.07, 6.45) is 0.990. The first-order valence-corrected chi connectivity index (χ1v) is 11.2. The van der Waals surface area contributed by atoms with Crippen LogP contribution in [0.1, 0.15) is 19.4 Å². The third kappa shape index (κ3) is 6.92. The summed E-state index contributed by atoms with van der Waals surface area (Å²) >= 11 is 11.9. The van der Waals surface area contributed by atoms with Crippen molar-refractivity contribution in [2.24, 2.45) is 5.10 Å². The van der Waals surface area contributed by atoms with E-state index in [1.807, 2.05) is 19.1 Å². The van der Waals surface area contributed by atoms with Crippen molar-refractivity contribution in [2.45, 2.75) is 13.8 Å². The van der Waals surface area contributed by atoms with E-state index in [0.29, 0.717) is 12.3 Å². The highest BCUT2D eigenvalue weighted by atomic mass is 35.5. The van der Waals surface area contributed by atoms with Crippen molar-refractivity contribution in [1.29, 1.82) is 0 Å². The molecule has 1 N–H and O–H groups in total. The third-order valence-corrected chi connectivity index (χ3v) is 5.33. The van der Waals surface area contributed by atoms with E-state index in [1.54, 1.807) is 19.1 Å². The van der Waals surface area contributed by atoms with Crippen molar-refractivity contribution < 1.29 is 17.9 Å². The number of rotatable bonds is 8. The number of ether oxygens (including phenoxy) is 1. The normalized spacial score (nSPS) is 11.8. The zero-order valence-electron chi connectivity index (χ0n) is 16.1. The van der Waals surface area contributed by atoms with Gasteiger partial charge in [0.25, 0.3) is 5.91 Å². The fourth-order valence-corrected chi connectivity index (χ4v) is 3.77. The minimum absolute atomic E-state index is 0.187. The number of hydrogen-bond donors (Lipinski definition) is 1. The minimum atomic E-state index is -3.75. The molecule has 0 atom stereocenters. The van der Waals surface area contributed by atoms with Gasteiger partial charge >= 0.3 is 0 Å². The molecule has 0 heterocycles. The molecule has 0 fully saturated rings. The average molecular weight is 458 g/mol. The summed E-state index contributed by atoms with van der Waals surface area (Å²) in [6, 6.07) is 11.5.